The first kappa shape index (κ1) is 12.5. The van der Waals surface area contributed by atoms with E-state index in [1.165, 1.54) is 0 Å². The Bertz CT molecular complexity index is 561. The van der Waals surface area contributed by atoms with Crippen LogP contribution < -0.4 is 0 Å². The zero-order valence-corrected chi connectivity index (χ0v) is 11.1. The van der Waals surface area contributed by atoms with E-state index in [4.69, 9.17) is 0 Å². The van der Waals surface area contributed by atoms with Crippen LogP contribution >= 0.6 is 0 Å². The molecule has 4 heteroatoms. The molecule has 4 nitrogen and oxygen atoms in total. The second-order valence-corrected chi connectivity index (χ2v) is 5.47. The molecule has 0 saturated carbocycles. The van der Waals surface area contributed by atoms with E-state index >= 15 is 0 Å². The second-order valence-electron chi connectivity index (χ2n) is 5.47. The van der Waals surface area contributed by atoms with Gasteiger partial charge in [0, 0.05) is 11.0 Å². The SMILES string of the molecule is Cc1ccc(C(=O)c2n[nH]nc2C(C)(C)C)cc1. The van der Waals surface area contributed by atoms with Crippen LogP contribution in [0.3, 0.4) is 0 Å². The van der Waals surface area contributed by atoms with E-state index in [-0.39, 0.29) is 11.2 Å². The van der Waals surface area contributed by atoms with E-state index in [0.29, 0.717) is 17.0 Å². The summed E-state index contributed by atoms with van der Waals surface area (Å²) in [5.41, 5.74) is 2.67. The molecule has 94 valence electrons. The van der Waals surface area contributed by atoms with Crippen LogP contribution in [0.1, 0.15) is 48.1 Å². The molecule has 0 aliphatic rings. The van der Waals surface area contributed by atoms with Crippen LogP contribution in [0.25, 0.3) is 0 Å². The van der Waals surface area contributed by atoms with Crippen molar-refractivity contribution in [3.63, 3.8) is 0 Å². The van der Waals surface area contributed by atoms with Gasteiger partial charge in [0.25, 0.3) is 0 Å². The number of carbonyl (C=O) groups is 1. The number of hydrogen-bond acceptors (Lipinski definition) is 3. The molecule has 2 aromatic rings. The van der Waals surface area contributed by atoms with Gasteiger partial charge in [-0.05, 0) is 6.92 Å². The van der Waals surface area contributed by atoms with Crippen molar-refractivity contribution >= 4 is 5.78 Å². The van der Waals surface area contributed by atoms with Gasteiger partial charge >= 0.3 is 0 Å². The first-order valence-corrected chi connectivity index (χ1v) is 5.92. The van der Waals surface area contributed by atoms with Crippen molar-refractivity contribution in [3.05, 3.63) is 46.8 Å². The van der Waals surface area contributed by atoms with Gasteiger partial charge in [-0.2, -0.15) is 15.4 Å². The van der Waals surface area contributed by atoms with E-state index in [2.05, 4.69) is 15.4 Å². The van der Waals surface area contributed by atoms with Crippen LogP contribution in [0.4, 0.5) is 0 Å². The number of nitrogens with zero attached hydrogens (tertiary/aromatic N) is 2. The minimum absolute atomic E-state index is 0.0892. The maximum Gasteiger partial charge on any atom is 0.215 e. The van der Waals surface area contributed by atoms with Gasteiger partial charge in [-0.25, -0.2) is 0 Å². The summed E-state index contributed by atoms with van der Waals surface area (Å²) in [6.07, 6.45) is 0. The Balaban J connectivity index is 2.41. The van der Waals surface area contributed by atoms with Gasteiger partial charge < -0.3 is 0 Å². The summed E-state index contributed by atoms with van der Waals surface area (Å²) in [4.78, 5) is 12.4. The van der Waals surface area contributed by atoms with Gasteiger partial charge in [0.15, 0.2) is 5.69 Å². The first-order chi connectivity index (χ1) is 8.39. The van der Waals surface area contributed by atoms with E-state index in [9.17, 15) is 4.79 Å². The lowest BCUT2D eigenvalue weighted by molar-refractivity contribution is 0.103. The molecule has 0 saturated heterocycles. The number of rotatable bonds is 2. The number of aromatic nitrogens is 3. The summed E-state index contributed by atoms with van der Waals surface area (Å²) in [5, 5.41) is 10.6. The lowest BCUT2D eigenvalue weighted by Crippen LogP contribution is -2.17. The highest BCUT2D eigenvalue weighted by atomic mass is 16.1. The average Bonchev–Trinajstić information content (AvgIpc) is 2.77. The third-order valence-corrected chi connectivity index (χ3v) is 2.79. The number of benzene rings is 1. The largest absolute Gasteiger partial charge is 0.287 e. The fraction of sp³-hybridized carbons (Fsp3) is 0.357. The van der Waals surface area contributed by atoms with E-state index < -0.39 is 0 Å². The van der Waals surface area contributed by atoms with Gasteiger partial charge in [0.2, 0.25) is 5.78 Å². The van der Waals surface area contributed by atoms with Gasteiger partial charge in [-0.15, -0.1) is 0 Å². The van der Waals surface area contributed by atoms with Crippen molar-refractivity contribution in [2.45, 2.75) is 33.1 Å². The number of aryl methyl sites for hydroxylation is 1. The summed E-state index contributed by atoms with van der Waals surface area (Å²) in [5.74, 6) is -0.0892. The zero-order valence-electron chi connectivity index (χ0n) is 11.1. The predicted octanol–water partition coefficient (Wildman–Crippen LogP) is 2.64. The van der Waals surface area contributed by atoms with Crippen molar-refractivity contribution < 1.29 is 4.79 Å². The third-order valence-electron chi connectivity index (χ3n) is 2.79. The molecule has 18 heavy (non-hydrogen) atoms. The third kappa shape index (κ3) is 2.32. The van der Waals surface area contributed by atoms with Crippen LogP contribution in [0, 0.1) is 6.92 Å². The summed E-state index contributed by atoms with van der Waals surface area (Å²) in [6, 6.07) is 7.48. The minimum Gasteiger partial charge on any atom is -0.287 e. The zero-order chi connectivity index (χ0) is 13.3. The molecule has 0 atom stereocenters. The number of nitrogens with one attached hydrogen (secondary N) is 1. The number of hydrogen-bond donors (Lipinski definition) is 1. The number of aromatic amines is 1. The van der Waals surface area contributed by atoms with Crippen LogP contribution in [-0.2, 0) is 5.41 Å². The van der Waals surface area contributed by atoms with E-state index in [1.54, 1.807) is 0 Å². The topological polar surface area (TPSA) is 58.6 Å². The molecule has 0 bridgehead atoms. The molecule has 0 aliphatic heterocycles. The maximum atomic E-state index is 12.4. The fourth-order valence-electron chi connectivity index (χ4n) is 1.75. The summed E-state index contributed by atoms with van der Waals surface area (Å²) < 4.78 is 0. The summed E-state index contributed by atoms with van der Waals surface area (Å²) in [7, 11) is 0. The smallest absolute Gasteiger partial charge is 0.215 e. The first-order valence-electron chi connectivity index (χ1n) is 5.92. The van der Waals surface area contributed by atoms with Crippen LogP contribution in [-0.4, -0.2) is 21.2 Å². The molecule has 1 N–H and O–H groups in total. The van der Waals surface area contributed by atoms with Gasteiger partial charge in [0.05, 0.1) is 5.69 Å². The summed E-state index contributed by atoms with van der Waals surface area (Å²) >= 11 is 0. The molecular weight excluding hydrogens is 226 g/mol. The van der Waals surface area contributed by atoms with Crippen molar-refractivity contribution in [2.24, 2.45) is 0 Å². The molecule has 0 aliphatic carbocycles. The highest BCUT2D eigenvalue weighted by molar-refractivity contribution is 6.08. The van der Waals surface area contributed by atoms with Crippen molar-refractivity contribution in [2.75, 3.05) is 0 Å². The normalized spacial score (nSPS) is 11.6. The molecule has 0 fully saturated rings. The monoisotopic (exact) mass is 243 g/mol. The Morgan fingerprint density at radius 1 is 1.11 bits per heavy atom. The molecular formula is C14H17N3O. The van der Waals surface area contributed by atoms with Crippen LogP contribution in [0.15, 0.2) is 24.3 Å². The number of ketones is 1. The van der Waals surface area contributed by atoms with Crippen molar-refractivity contribution in [1.29, 1.82) is 0 Å². The average molecular weight is 243 g/mol. The minimum atomic E-state index is -0.206. The molecule has 0 amide bonds. The Morgan fingerprint density at radius 3 is 2.28 bits per heavy atom. The van der Waals surface area contributed by atoms with Gasteiger partial charge in [-0.3, -0.25) is 4.79 Å². The summed E-state index contributed by atoms with van der Waals surface area (Å²) in [6.45, 7) is 8.02. The Morgan fingerprint density at radius 2 is 1.72 bits per heavy atom. The standard InChI is InChI=1S/C14H17N3O/c1-9-5-7-10(8-6-9)12(18)11-13(14(2,3)4)16-17-15-11/h5-8H,1-4H3,(H,15,16,17). The van der Waals surface area contributed by atoms with Crippen molar-refractivity contribution in [3.8, 4) is 0 Å². The molecule has 2 rings (SSSR count). The Labute approximate surface area is 106 Å². The van der Waals surface area contributed by atoms with E-state index in [1.807, 2.05) is 52.0 Å². The van der Waals surface area contributed by atoms with Crippen LogP contribution in [0.2, 0.25) is 0 Å². The van der Waals surface area contributed by atoms with Crippen molar-refractivity contribution in [1.82, 2.24) is 15.4 Å². The Kier molecular flexibility index (Phi) is 3.03. The Hall–Kier alpha value is -1.97. The number of H-pyrrole nitrogens is 1. The van der Waals surface area contributed by atoms with Crippen LogP contribution in [0.5, 0.6) is 0 Å². The molecule has 1 heterocycles. The van der Waals surface area contributed by atoms with Gasteiger partial charge in [0.1, 0.15) is 0 Å². The second kappa shape index (κ2) is 4.37. The number of carbonyl (C=O) groups excluding carboxylic acids is 1. The fourth-order valence-corrected chi connectivity index (χ4v) is 1.75. The quantitative estimate of drug-likeness (QED) is 0.825. The highest BCUT2D eigenvalue weighted by Gasteiger charge is 2.26. The van der Waals surface area contributed by atoms with Gasteiger partial charge in [-0.1, -0.05) is 50.6 Å². The highest BCUT2D eigenvalue weighted by Crippen LogP contribution is 2.23. The lowest BCUT2D eigenvalue weighted by atomic mass is 9.89. The molecule has 0 spiro atoms. The molecule has 1 aromatic carbocycles. The molecule has 1 aromatic heterocycles. The lowest BCUT2D eigenvalue weighted by Gasteiger charge is -2.15. The maximum absolute atomic E-state index is 12.4. The predicted molar refractivity (Wildman–Crippen MR) is 69.7 cm³/mol. The van der Waals surface area contributed by atoms with E-state index in [0.717, 1.165) is 5.56 Å². The molecule has 0 unspecified atom stereocenters. The molecule has 0 radical (unpaired) electrons.